The van der Waals surface area contributed by atoms with Crippen molar-refractivity contribution in [2.45, 2.75) is 30.8 Å². The number of carbonyl (C=O) groups excluding carboxylic acids is 2. The fourth-order valence-electron chi connectivity index (χ4n) is 3.50. The van der Waals surface area contributed by atoms with Crippen LogP contribution in [0.4, 0.5) is 0 Å². The number of esters is 1. The van der Waals surface area contributed by atoms with Gasteiger partial charge in [0.05, 0.1) is 13.2 Å². The summed E-state index contributed by atoms with van der Waals surface area (Å²) < 4.78 is 4.95. The van der Waals surface area contributed by atoms with Gasteiger partial charge >= 0.3 is 5.97 Å². The monoisotopic (exact) mass is 271 g/mol. The van der Waals surface area contributed by atoms with Crippen molar-refractivity contribution in [2.24, 2.45) is 0 Å². The topological polar surface area (TPSA) is 46.6 Å². The van der Waals surface area contributed by atoms with E-state index in [1.54, 1.807) is 17.0 Å². The Bertz CT molecular complexity index is 581. The third-order valence-electron chi connectivity index (χ3n) is 4.40. The number of benzene rings is 1. The summed E-state index contributed by atoms with van der Waals surface area (Å²) in [7, 11) is 1.37. The van der Waals surface area contributed by atoms with E-state index in [-0.39, 0.29) is 17.9 Å². The number of carbonyl (C=O) groups is 2. The van der Waals surface area contributed by atoms with Gasteiger partial charge in [0.2, 0.25) is 0 Å². The summed E-state index contributed by atoms with van der Waals surface area (Å²) in [4.78, 5) is 26.7. The maximum atomic E-state index is 12.8. The molecule has 0 aromatic heterocycles. The van der Waals surface area contributed by atoms with Crippen LogP contribution in [-0.2, 0) is 9.53 Å². The lowest BCUT2D eigenvalue weighted by Crippen LogP contribution is -2.51. The summed E-state index contributed by atoms with van der Waals surface area (Å²) in [5.41, 5.74) is 0.706. The fourth-order valence-corrected chi connectivity index (χ4v) is 3.50. The highest BCUT2D eigenvalue weighted by molar-refractivity contribution is 6.00. The van der Waals surface area contributed by atoms with Crippen molar-refractivity contribution in [1.29, 1.82) is 0 Å². The zero-order valence-electron chi connectivity index (χ0n) is 11.5. The van der Waals surface area contributed by atoms with Crippen LogP contribution in [0.5, 0.6) is 0 Å². The second kappa shape index (κ2) is 4.47. The average molecular weight is 271 g/mol. The predicted molar refractivity (Wildman–Crippen MR) is 74.1 cm³/mol. The Morgan fingerprint density at radius 2 is 2.05 bits per heavy atom. The third-order valence-corrected chi connectivity index (χ3v) is 4.40. The lowest BCUT2D eigenvalue weighted by molar-refractivity contribution is -0.151. The molecule has 2 aliphatic heterocycles. The van der Waals surface area contributed by atoms with Crippen LogP contribution in [0.1, 0.15) is 29.6 Å². The Kier molecular flexibility index (Phi) is 2.89. The first-order valence-electron chi connectivity index (χ1n) is 6.75. The van der Waals surface area contributed by atoms with Crippen LogP contribution in [0, 0.1) is 0 Å². The molecule has 2 bridgehead atoms. The summed E-state index contributed by atoms with van der Waals surface area (Å²) in [5.74, 6) is -0.444. The highest BCUT2D eigenvalue weighted by Gasteiger charge is 2.60. The van der Waals surface area contributed by atoms with Crippen LogP contribution in [-0.4, -0.2) is 35.5 Å². The molecule has 20 heavy (non-hydrogen) atoms. The number of hydrogen-bond acceptors (Lipinski definition) is 3. The Morgan fingerprint density at radius 1 is 1.35 bits per heavy atom. The predicted octanol–water partition coefficient (Wildman–Crippen LogP) is 2.16. The van der Waals surface area contributed by atoms with E-state index in [0.717, 1.165) is 12.0 Å². The summed E-state index contributed by atoms with van der Waals surface area (Å²) in [6.07, 6.45) is 1.96. The third kappa shape index (κ3) is 1.60. The van der Waals surface area contributed by atoms with Gasteiger partial charge in [-0.15, -0.1) is 0 Å². The molecule has 1 aromatic rings. The molecule has 2 saturated heterocycles. The lowest BCUT2D eigenvalue weighted by Gasteiger charge is -2.31. The molecular weight excluding hydrogens is 254 g/mol. The van der Waals surface area contributed by atoms with Gasteiger partial charge in [0.15, 0.2) is 0 Å². The molecule has 1 amide bonds. The van der Waals surface area contributed by atoms with Gasteiger partial charge in [-0.3, -0.25) is 4.79 Å². The zero-order valence-corrected chi connectivity index (χ0v) is 11.5. The number of ether oxygens (including phenoxy) is 1. The van der Waals surface area contributed by atoms with Crippen LogP contribution >= 0.6 is 0 Å². The number of fused-ring (bicyclic) bond motifs is 2. The Hall–Kier alpha value is -2.10. The van der Waals surface area contributed by atoms with Crippen molar-refractivity contribution in [1.82, 2.24) is 4.90 Å². The minimum absolute atomic E-state index is 0.0400. The maximum absolute atomic E-state index is 12.8. The molecule has 4 nitrogen and oxygen atoms in total. The van der Waals surface area contributed by atoms with Gasteiger partial charge in [0.1, 0.15) is 5.54 Å². The minimum Gasteiger partial charge on any atom is -0.467 e. The van der Waals surface area contributed by atoms with Crippen molar-refractivity contribution >= 4 is 11.9 Å². The zero-order chi connectivity index (χ0) is 14.3. The molecule has 0 saturated carbocycles. The van der Waals surface area contributed by atoms with E-state index in [1.807, 2.05) is 18.2 Å². The van der Waals surface area contributed by atoms with E-state index < -0.39 is 5.54 Å². The van der Waals surface area contributed by atoms with Gasteiger partial charge in [-0.05, 0) is 25.0 Å². The molecule has 0 spiro atoms. The van der Waals surface area contributed by atoms with Gasteiger partial charge in [-0.1, -0.05) is 30.4 Å². The molecular formula is C16H17NO3. The maximum Gasteiger partial charge on any atom is 0.332 e. The number of rotatable bonds is 2. The molecule has 2 heterocycles. The molecule has 2 atom stereocenters. The first-order chi connectivity index (χ1) is 9.60. The molecule has 0 aliphatic carbocycles. The average Bonchev–Trinajstić information content (AvgIpc) is 2.99. The Labute approximate surface area is 118 Å². The van der Waals surface area contributed by atoms with Gasteiger partial charge in [0, 0.05) is 12.0 Å². The SMILES string of the molecule is C=C1C[C@]2(C(=O)OC)CC[C@H]1N2C(=O)c1ccccc1. The van der Waals surface area contributed by atoms with Crippen LogP contribution in [0.2, 0.25) is 0 Å². The largest absolute Gasteiger partial charge is 0.467 e. The quantitative estimate of drug-likeness (QED) is 0.611. The number of amides is 1. The van der Waals surface area contributed by atoms with E-state index in [0.29, 0.717) is 18.4 Å². The number of hydrogen-bond donors (Lipinski definition) is 0. The van der Waals surface area contributed by atoms with Gasteiger partial charge in [0.25, 0.3) is 5.91 Å². The molecule has 104 valence electrons. The summed E-state index contributed by atoms with van der Waals surface area (Å²) >= 11 is 0. The lowest BCUT2D eigenvalue weighted by atomic mass is 9.85. The summed E-state index contributed by atoms with van der Waals surface area (Å²) in [6.45, 7) is 4.02. The van der Waals surface area contributed by atoms with Crippen molar-refractivity contribution in [3.05, 3.63) is 48.0 Å². The summed E-state index contributed by atoms with van der Waals surface area (Å²) in [5, 5.41) is 0. The highest BCUT2D eigenvalue weighted by atomic mass is 16.5. The molecule has 4 heteroatoms. The first kappa shape index (κ1) is 12.9. The molecule has 0 unspecified atom stereocenters. The normalized spacial score (nSPS) is 27.8. The molecule has 3 rings (SSSR count). The molecule has 2 fully saturated rings. The van der Waals surface area contributed by atoms with Gasteiger partial charge in [-0.2, -0.15) is 0 Å². The summed E-state index contributed by atoms with van der Waals surface area (Å²) in [6, 6.07) is 9.02. The highest BCUT2D eigenvalue weighted by Crippen LogP contribution is 2.50. The van der Waals surface area contributed by atoms with Crippen LogP contribution in [0.3, 0.4) is 0 Å². The van der Waals surface area contributed by atoms with Crippen molar-refractivity contribution in [3.8, 4) is 0 Å². The Balaban J connectivity index is 2.02. The van der Waals surface area contributed by atoms with E-state index in [9.17, 15) is 9.59 Å². The molecule has 0 N–H and O–H groups in total. The number of methoxy groups -OCH3 is 1. The minimum atomic E-state index is -0.844. The van der Waals surface area contributed by atoms with Gasteiger partial charge < -0.3 is 9.64 Å². The van der Waals surface area contributed by atoms with Crippen LogP contribution in [0.25, 0.3) is 0 Å². The van der Waals surface area contributed by atoms with E-state index >= 15 is 0 Å². The fraction of sp³-hybridized carbons (Fsp3) is 0.375. The molecule has 0 radical (unpaired) electrons. The van der Waals surface area contributed by atoms with Crippen molar-refractivity contribution in [2.75, 3.05) is 7.11 Å². The second-order valence-corrected chi connectivity index (χ2v) is 5.45. The standard InChI is InChI=1S/C16H17NO3/c1-11-10-16(15(19)20-2)9-8-13(11)17(16)14(18)12-6-4-3-5-7-12/h3-7,13H,1,8-10H2,2H3/t13-,16+/m1/s1. The van der Waals surface area contributed by atoms with Crippen LogP contribution < -0.4 is 0 Å². The second-order valence-electron chi connectivity index (χ2n) is 5.45. The smallest absolute Gasteiger partial charge is 0.332 e. The van der Waals surface area contributed by atoms with Gasteiger partial charge in [-0.25, -0.2) is 4.79 Å². The van der Waals surface area contributed by atoms with Crippen LogP contribution in [0.15, 0.2) is 42.5 Å². The molecule has 1 aromatic carbocycles. The van der Waals surface area contributed by atoms with E-state index in [2.05, 4.69) is 6.58 Å². The molecule has 2 aliphatic rings. The van der Waals surface area contributed by atoms with Crippen molar-refractivity contribution < 1.29 is 14.3 Å². The van der Waals surface area contributed by atoms with Crippen molar-refractivity contribution in [3.63, 3.8) is 0 Å². The number of nitrogens with zero attached hydrogens (tertiary/aromatic N) is 1. The van der Waals surface area contributed by atoms with E-state index in [4.69, 9.17) is 4.74 Å². The first-order valence-corrected chi connectivity index (χ1v) is 6.75. The van der Waals surface area contributed by atoms with E-state index in [1.165, 1.54) is 7.11 Å². The Morgan fingerprint density at radius 3 is 2.65 bits per heavy atom.